The quantitative estimate of drug-likeness (QED) is 0.263. The maximum absolute atomic E-state index is 10.4. The highest BCUT2D eigenvalue weighted by atomic mass is 16.7. The van der Waals surface area contributed by atoms with Gasteiger partial charge in [0.05, 0.1) is 6.61 Å². The lowest BCUT2D eigenvalue weighted by molar-refractivity contribution is -0.111. The molecule has 0 bridgehead atoms. The van der Waals surface area contributed by atoms with Crippen molar-refractivity contribution in [3.8, 4) is 0 Å². The fourth-order valence-corrected chi connectivity index (χ4v) is 0.546. The van der Waals surface area contributed by atoms with Crippen molar-refractivity contribution in [2.24, 2.45) is 11.1 Å². The highest BCUT2D eigenvalue weighted by molar-refractivity contribution is 6.26. The van der Waals surface area contributed by atoms with E-state index in [4.69, 9.17) is 4.74 Å². The van der Waals surface area contributed by atoms with Crippen LogP contribution in [0.1, 0.15) is 27.2 Å². The molecule has 0 radical (unpaired) electrons. The topological polar surface area (TPSA) is 47.9 Å². The van der Waals surface area contributed by atoms with Crippen LogP contribution in [0.2, 0.25) is 0 Å². The minimum Gasteiger partial charge on any atom is -0.367 e. The fourth-order valence-electron chi connectivity index (χ4n) is 0.546. The number of ether oxygens (including phenoxy) is 1. The second-order valence-electron chi connectivity index (χ2n) is 2.98. The zero-order valence-corrected chi connectivity index (χ0v) is 8.45. The number of Topliss-reactive ketones (excluding diaryl/α,β-unsaturated/α-hetero) is 1. The highest BCUT2D eigenvalue weighted by Crippen LogP contribution is 1.99. The summed E-state index contributed by atoms with van der Waals surface area (Å²) in [5.41, 5.74) is 0. The van der Waals surface area contributed by atoms with Crippen LogP contribution < -0.4 is 0 Å². The van der Waals surface area contributed by atoms with Crippen LogP contribution in [0.15, 0.2) is 5.16 Å². The first kappa shape index (κ1) is 12.1. The highest BCUT2D eigenvalue weighted by Gasteiger charge is 1.97. The Balaban J connectivity index is 3.21. The van der Waals surface area contributed by atoms with Gasteiger partial charge in [-0.15, -0.1) is 0 Å². The maximum atomic E-state index is 10.4. The number of carbonyl (C=O) groups excluding carboxylic acids is 1. The Kier molecular flexibility index (Phi) is 7.20. The number of ketones is 1. The van der Waals surface area contributed by atoms with Crippen molar-refractivity contribution in [3.63, 3.8) is 0 Å². The summed E-state index contributed by atoms with van der Waals surface area (Å²) in [5.74, 6) is 0.391. The van der Waals surface area contributed by atoms with Crippen molar-refractivity contribution < 1.29 is 14.4 Å². The molecule has 1 unspecified atom stereocenters. The molecule has 4 nitrogen and oxygen atoms in total. The minimum atomic E-state index is -0.137. The molecule has 13 heavy (non-hydrogen) atoms. The molecule has 0 aliphatic heterocycles. The molecule has 76 valence electrons. The molecule has 4 heteroatoms. The third-order valence-corrected chi connectivity index (χ3v) is 1.54. The number of hydrogen-bond donors (Lipinski definition) is 0. The van der Waals surface area contributed by atoms with Crippen LogP contribution in [-0.2, 0) is 14.4 Å². The lowest BCUT2D eigenvalue weighted by Gasteiger charge is -2.07. The third-order valence-electron chi connectivity index (χ3n) is 1.54. The Morgan fingerprint density at radius 1 is 1.62 bits per heavy atom. The maximum Gasteiger partial charge on any atom is 0.216 e. The Morgan fingerprint density at radius 2 is 2.31 bits per heavy atom. The summed E-state index contributed by atoms with van der Waals surface area (Å²) >= 11 is 0. The van der Waals surface area contributed by atoms with Gasteiger partial charge >= 0.3 is 0 Å². The van der Waals surface area contributed by atoms with Gasteiger partial charge in [0.2, 0.25) is 6.79 Å². The summed E-state index contributed by atoms with van der Waals surface area (Å²) in [7, 11) is 0. The molecule has 0 spiro atoms. The summed E-state index contributed by atoms with van der Waals surface area (Å²) in [5, 5.41) is 3.39. The third kappa shape index (κ3) is 9.01. The van der Waals surface area contributed by atoms with Crippen LogP contribution >= 0.6 is 0 Å². The lowest BCUT2D eigenvalue weighted by atomic mass is 10.1. The van der Waals surface area contributed by atoms with Crippen LogP contribution in [0.25, 0.3) is 0 Å². The van der Waals surface area contributed by atoms with Gasteiger partial charge in [-0.2, -0.15) is 0 Å². The van der Waals surface area contributed by atoms with Gasteiger partial charge in [0.1, 0.15) is 6.21 Å². The lowest BCUT2D eigenvalue weighted by Crippen LogP contribution is -2.06. The number of oxime groups is 1. The van der Waals surface area contributed by atoms with E-state index >= 15 is 0 Å². The van der Waals surface area contributed by atoms with Crippen molar-refractivity contribution in [1.29, 1.82) is 0 Å². The monoisotopic (exact) mass is 187 g/mol. The van der Waals surface area contributed by atoms with Crippen molar-refractivity contribution in [1.82, 2.24) is 0 Å². The van der Waals surface area contributed by atoms with E-state index in [-0.39, 0.29) is 12.6 Å². The van der Waals surface area contributed by atoms with Crippen molar-refractivity contribution in [2.75, 3.05) is 13.4 Å². The Morgan fingerprint density at radius 3 is 2.85 bits per heavy atom. The molecular weight excluding hydrogens is 170 g/mol. The summed E-state index contributed by atoms with van der Waals surface area (Å²) in [6, 6.07) is 0. The molecule has 0 rings (SSSR count). The zero-order valence-electron chi connectivity index (χ0n) is 8.45. The molecule has 0 aromatic rings. The second kappa shape index (κ2) is 7.73. The van der Waals surface area contributed by atoms with Crippen molar-refractivity contribution >= 4 is 12.0 Å². The van der Waals surface area contributed by atoms with E-state index in [2.05, 4.69) is 23.8 Å². The largest absolute Gasteiger partial charge is 0.367 e. The SMILES string of the molecule is CCC(C)COCO/N=C/C(C)=O. The van der Waals surface area contributed by atoms with Crippen molar-refractivity contribution in [2.45, 2.75) is 27.2 Å². The van der Waals surface area contributed by atoms with Gasteiger partial charge in [-0.05, 0) is 5.92 Å². The Bertz CT molecular complexity index is 168. The number of nitrogens with zero attached hydrogens (tertiary/aromatic N) is 1. The number of rotatable bonds is 7. The van der Waals surface area contributed by atoms with E-state index in [1.807, 2.05) is 0 Å². The Labute approximate surface area is 78.9 Å². The minimum absolute atomic E-state index is 0.105. The van der Waals surface area contributed by atoms with E-state index in [9.17, 15) is 4.79 Å². The summed E-state index contributed by atoms with van der Waals surface area (Å²) in [6.07, 6.45) is 2.20. The van der Waals surface area contributed by atoms with Gasteiger partial charge in [0, 0.05) is 6.92 Å². The van der Waals surface area contributed by atoms with E-state index in [0.717, 1.165) is 12.6 Å². The average molecular weight is 187 g/mol. The smallest absolute Gasteiger partial charge is 0.216 e. The molecule has 0 aliphatic carbocycles. The van der Waals surface area contributed by atoms with Gasteiger partial charge in [0.25, 0.3) is 0 Å². The average Bonchev–Trinajstić information content (AvgIpc) is 2.10. The number of hydrogen-bond acceptors (Lipinski definition) is 4. The molecular formula is C9H17NO3. The molecule has 0 saturated heterocycles. The normalized spacial score (nSPS) is 13.2. The molecule has 0 aromatic heterocycles. The summed E-state index contributed by atoms with van der Waals surface area (Å²) in [6.45, 7) is 6.37. The first-order valence-electron chi connectivity index (χ1n) is 4.40. The zero-order chi connectivity index (χ0) is 10.1. The van der Waals surface area contributed by atoms with Crippen LogP contribution in [-0.4, -0.2) is 25.4 Å². The Hall–Kier alpha value is -0.900. The van der Waals surface area contributed by atoms with E-state index in [1.54, 1.807) is 0 Å². The molecule has 0 saturated carbocycles. The predicted molar refractivity (Wildman–Crippen MR) is 50.5 cm³/mol. The van der Waals surface area contributed by atoms with Crippen LogP contribution in [0.3, 0.4) is 0 Å². The molecule has 0 N–H and O–H groups in total. The fraction of sp³-hybridized carbons (Fsp3) is 0.778. The van der Waals surface area contributed by atoms with E-state index in [0.29, 0.717) is 12.5 Å². The molecule has 0 fully saturated rings. The second-order valence-corrected chi connectivity index (χ2v) is 2.98. The standard InChI is InChI=1S/C9H17NO3/c1-4-8(2)6-12-7-13-10-5-9(3)11/h5,8H,4,6-7H2,1-3H3/b10-5+. The van der Waals surface area contributed by atoms with Gasteiger partial charge in [-0.3, -0.25) is 4.79 Å². The number of carbonyl (C=O) groups is 1. The van der Waals surface area contributed by atoms with Gasteiger partial charge in [0.15, 0.2) is 5.78 Å². The molecule has 0 heterocycles. The van der Waals surface area contributed by atoms with Crippen LogP contribution in [0, 0.1) is 5.92 Å². The van der Waals surface area contributed by atoms with E-state index in [1.165, 1.54) is 6.92 Å². The molecule has 1 atom stereocenters. The summed E-state index contributed by atoms with van der Waals surface area (Å²) in [4.78, 5) is 15.0. The van der Waals surface area contributed by atoms with Crippen LogP contribution in [0.4, 0.5) is 0 Å². The molecule has 0 amide bonds. The molecule has 0 aliphatic rings. The van der Waals surface area contributed by atoms with Gasteiger partial charge in [-0.1, -0.05) is 25.4 Å². The van der Waals surface area contributed by atoms with Crippen molar-refractivity contribution in [3.05, 3.63) is 0 Å². The molecule has 0 aromatic carbocycles. The first-order valence-corrected chi connectivity index (χ1v) is 4.40. The predicted octanol–water partition coefficient (Wildman–Crippen LogP) is 1.60. The van der Waals surface area contributed by atoms with Crippen LogP contribution in [0.5, 0.6) is 0 Å². The first-order chi connectivity index (χ1) is 6.16. The van der Waals surface area contributed by atoms with Gasteiger partial charge in [-0.25, -0.2) is 0 Å². The van der Waals surface area contributed by atoms with Gasteiger partial charge < -0.3 is 9.57 Å². The van der Waals surface area contributed by atoms with E-state index < -0.39 is 0 Å². The summed E-state index contributed by atoms with van der Waals surface area (Å²) < 4.78 is 5.12.